The third-order valence-electron chi connectivity index (χ3n) is 4.37. The minimum absolute atomic E-state index is 0.0212. The number of hydrogen-bond donors (Lipinski definition) is 0. The van der Waals surface area contributed by atoms with E-state index in [0.29, 0.717) is 13.2 Å². The van der Waals surface area contributed by atoms with Crippen molar-refractivity contribution in [3.63, 3.8) is 0 Å². The van der Waals surface area contributed by atoms with Gasteiger partial charge in [-0.1, -0.05) is 36.4 Å². The highest BCUT2D eigenvalue weighted by Crippen LogP contribution is 2.37. The van der Waals surface area contributed by atoms with Crippen LogP contribution in [0.25, 0.3) is 10.8 Å². The number of benzene rings is 3. The maximum Gasteiger partial charge on any atom is 0.260 e. The van der Waals surface area contributed by atoms with E-state index in [4.69, 9.17) is 0 Å². The molecule has 0 fully saturated rings. The van der Waals surface area contributed by atoms with Gasteiger partial charge in [-0.05, 0) is 42.3 Å². The second kappa shape index (κ2) is 5.73. The summed E-state index contributed by atoms with van der Waals surface area (Å²) in [6.45, 7) is 1.04. The molecule has 4 heteroatoms. The summed E-state index contributed by atoms with van der Waals surface area (Å²) in [6.07, 6.45) is 0. The van der Waals surface area contributed by atoms with Gasteiger partial charge in [0.25, 0.3) is 5.91 Å². The standard InChI is InChI=1S/C20H17FN2O/c1-22(12-14-5-2-8-16(21)11-14)13-23-18-10-4-7-15-6-3-9-17(19(15)18)20(23)24/h2-11H,12-13H2,1H3. The van der Waals surface area contributed by atoms with Crippen LogP contribution >= 0.6 is 0 Å². The molecule has 3 aromatic rings. The van der Waals surface area contributed by atoms with Crippen LogP contribution in [0, 0.1) is 5.82 Å². The van der Waals surface area contributed by atoms with Gasteiger partial charge >= 0.3 is 0 Å². The van der Waals surface area contributed by atoms with Crippen molar-refractivity contribution < 1.29 is 9.18 Å². The summed E-state index contributed by atoms with van der Waals surface area (Å²) < 4.78 is 13.3. The molecule has 0 saturated heterocycles. The molecule has 4 rings (SSSR count). The van der Waals surface area contributed by atoms with Crippen LogP contribution in [0.1, 0.15) is 15.9 Å². The fourth-order valence-electron chi connectivity index (χ4n) is 3.36. The van der Waals surface area contributed by atoms with Crippen molar-refractivity contribution in [2.45, 2.75) is 6.54 Å². The highest BCUT2D eigenvalue weighted by atomic mass is 19.1. The van der Waals surface area contributed by atoms with Crippen molar-refractivity contribution in [3.8, 4) is 0 Å². The summed E-state index contributed by atoms with van der Waals surface area (Å²) in [7, 11) is 1.93. The fourth-order valence-corrected chi connectivity index (χ4v) is 3.36. The topological polar surface area (TPSA) is 23.6 Å². The Hall–Kier alpha value is -2.72. The number of nitrogens with zero attached hydrogens (tertiary/aromatic N) is 2. The summed E-state index contributed by atoms with van der Waals surface area (Å²) in [5, 5.41) is 2.10. The second-order valence-corrected chi connectivity index (χ2v) is 6.20. The van der Waals surface area contributed by atoms with Gasteiger partial charge in [0.1, 0.15) is 5.82 Å². The van der Waals surface area contributed by atoms with Crippen LogP contribution in [-0.2, 0) is 6.54 Å². The lowest BCUT2D eigenvalue weighted by Crippen LogP contribution is -2.37. The minimum atomic E-state index is -0.240. The van der Waals surface area contributed by atoms with Crippen molar-refractivity contribution in [2.75, 3.05) is 18.6 Å². The molecule has 0 aliphatic carbocycles. The van der Waals surface area contributed by atoms with Gasteiger partial charge in [-0.25, -0.2) is 4.39 Å². The lowest BCUT2D eigenvalue weighted by molar-refractivity contribution is 0.0977. The van der Waals surface area contributed by atoms with Gasteiger partial charge < -0.3 is 0 Å². The Morgan fingerprint density at radius 3 is 2.58 bits per heavy atom. The molecular formula is C20H17FN2O. The van der Waals surface area contributed by atoms with Crippen molar-refractivity contribution in [1.82, 2.24) is 4.90 Å². The minimum Gasteiger partial charge on any atom is -0.294 e. The maximum absolute atomic E-state index is 13.3. The molecule has 3 nitrogen and oxygen atoms in total. The monoisotopic (exact) mass is 320 g/mol. The molecule has 24 heavy (non-hydrogen) atoms. The highest BCUT2D eigenvalue weighted by molar-refractivity contribution is 6.24. The Bertz CT molecular complexity index is 933. The Balaban J connectivity index is 1.60. The fraction of sp³-hybridized carbons (Fsp3) is 0.150. The molecule has 0 spiro atoms. The Morgan fingerprint density at radius 1 is 1.04 bits per heavy atom. The number of amides is 1. The maximum atomic E-state index is 13.3. The van der Waals surface area contributed by atoms with E-state index in [9.17, 15) is 9.18 Å². The summed E-state index contributed by atoms with van der Waals surface area (Å²) >= 11 is 0. The summed E-state index contributed by atoms with van der Waals surface area (Å²) in [4.78, 5) is 16.6. The zero-order valence-corrected chi connectivity index (χ0v) is 13.4. The van der Waals surface area contributed by atoms with Crippen LogP contribution < -0.4 is 4.90 Å². The molecule has 0 bridgehead atoms. The highest BCUT2D eigenvalue weighted by Gasteiger charge is 2.29. The van der Waals surface area contributed by atoms with E-state index in [2.05, 4.69) is 0 Å². The van der Waals surface area contributed by atoms with Gasteiger partial charge in [0.15, 0.2) is 0 Å². The second-order valence-electron chi connectivity index (χ2n) is 6.20. The molecule has 1 amide bonds. The number of rotatable bonds is 4. The first-order chi connectivity index (χ1) is 11.6. The molecule has 0 saturated carbocycles. The summed E-state index contributed by atoms with van der Waals surface area (Å²) in [6, 6.07) is 18.3. The molecule has 0 unspecified atom stereocenters. The van der Waals surface area contributed by atoms with Crippen LogP contribution in [0.5, 0.6) is 0 Å². The lowest BCUT2D eigenvalue weighted by atomic mass is 10.1. The van der Waals surface area contributed by atoms with Gasteiger partial charge in [-0.3, -0.25) is 14.6 Å². The van der Waals surface area contributed by atoms with Crippen LogP contribution in [0.15, 0.2) is 60.7 Å². The Kier molecular flexibility index (Phi) is 3.54. The molecule has 0 atom stereocenters. The van der Waals surface area contributed by atoms with Crippen molar-refractivity contribution in [3.05, 3.63) is 77.6 Å². The lowest BCUT2D eigenvalue weighted by Gasteiger charge is -2.25. The molecule has 1 aliphatic rings. The number of carbonyl (C=O) groups is 1. The van der Waals surface area contributed by atoms with Crippen molar-refractivity contribution >= 4 is 22.4 Å². The molecule has 120 valence electrons. The molecule has 1 aliphatic heterocycles. The first-order valence-corrected chi connectivity index (χ1v) is 7.90. The first-order valence-electron chi connectivity index (χ1n) is 7.90. The van der Waals surface area contributed by atoms with Gasteiger partial charge in [-0.15, -0.1) is 0 Å². The third-order valence-corrected chi connectivity index (χ3v) is 4.37. The third kappa shape index (κ3) is 2.45. The van der Waals surface area contributed by atoms with Crippen molar-refractivity contribution in [2.24, 2.45) is 0 Å². The normalized spacial score (nSPS) is 13.3. The SMILES string of the molecule is CN(Cc1cccc(F)c1)CN1C(=O)c2cccc3cccc1c23. The van der Waals surface area contributed by atoms with E-state index >= 15 is 0 Å². The Morgan fingerprint density at radius 2 is 1.79 bits per heavy atom. The molecule has 0 N–H and O–H groups in total. The van der Waals surface area contributed by atoms with Crippen LogP contribution in [-0.4, -0.2) is 24.5 Å². The molecule has 3 aromatic carbocycles. The summed E-state index contributed by atoms with van der Waals surface area (Å²) in [5.41, 5.74) is 2.58. The zero-order valence-electron chi connectivity index (χ0n) is 13.4. The smallest absolute Gasteiger partial charge is 0.260 e. The van der Waals surface area contributed by atoms with Gasteiger partial charge in [0, 0.05) is 17.5 Å². The zero-order chi connectivity index (χ0) is 16.7. The van der Waals surface area contributed by atoms with Gasteiger partial charge in [-0.2, -0.15) is 0 Å². The van der Waals surface area contributed by atoms with E-state index in [1.165, 1.54) is 12.1 Å². The van der Waals surface area contributed by atoms with Crippen LogP contribution in [0.3, 0.4) is 0 Å². The number of anilines is 1. The van der Waals surface area contributed by atoms with E-state index in [-0.39, 0.29) is 11.7 Å². The van der Waals surface area contributed by atoms with E-state index < -0.39 is 0 Å². The molecule has 0 radical (unpaired) electrons. The Labute approximate surface area is 139 Å². The quantitative estimate of drug-likeness (QED) is 0.724. The number of halogens is 1. The van der Waals surface area contributed by atoms with Gasteiger partial charge in [0.05, 0.1) is 12.4 Å². The van der Waals surface area contributed by atoms with E-state index in [1.54, 1.807) is 11.0 Å². The average Bonchev–Trinajstić information content (AvgIpc) is 2.83. The predicted octanol–water partition coefficient (Wildman–Crippen LogP) is 4.03. The molecule has 1 heterocycles. The van der Waals surface area contributed by atoms with Gasteiger partial charge in [0.2, 0.25) is 0 Å². The number of hydrogen-bond acceptors (Lipinski definition) is 2. The van der Waals surface area contributed by atoms with E-state index in [0.717, 1.165) is 27.6 Å². The summed E-state index contributed by atoms with van der Waals surface area (Å²) in [5.74, 6) is -0.219. The first kappa shape index (κ1) is 14.8. The number of carbonyl (C=O) groups excluding carboxylic acids is 1. The molecular weight excluding hydrogens is 303 g/mol. The predicted molar refractivity (Wildman–Crippen MR) is 93.5 cm³/mol. The van der Waals surface area contributed by atoms with Crippen LogP contribution in [0.4, 0.5) is 10.1 Å². The largest absolute Gasteiger partial charge is 0.294 e. The van der Waals surface area contributed by atoms with Crippen molar-refractivity contribution in [1.29, 1.82) is 0 Å². The van der Waals surface area contributed by atoms with Crippen LogP contribution in [0.2, 0.25) is 0 Å². The van der Waals surface area contributed by atoms with E-state index in [1.807, 2.05) is 54.4 Å². The molecule has 0 aromatic heterocycles. The average molecular weight is 320 g/mol.